The van der Waals surface area contributed by atoms with Crippen LogP contribution in [0.2, 0.25) is 0 Å². The lowest BCUT2D eigenvalue weighted by Gasteiger charge is -2.25. The van der Waals surface area contributed by atoms with Crippen molar-refractivity contribution in [3.8, 4) is 0 Å². The summed E-state index contributed by atoms with van der Waals surface area (Å²) >= 11 is 0. The van der Waals surface area contributed by atoms with Gasteiger partial charge in [-0.3, -0.25) is 5.09 Å². The van der Waals surface area contributed by atoms with Crippen LogP contribution in [0.25, 0.3) is 0 Å². The van der Waals surface area contributed by atoms with Gasteiger partial charge in [0, 0.05) is 14.1 Å². The third kappa shape index (κ3) is 13.4. The molecular formula is C37H60NP. The van der Waals surface area contributed by atoms with Gasteiger partial charge in [0.1, 0.15) is 0 Å². The molecule has 3 rings (SSSR count). The smallest absolute Gasteiger partial charge is 0.0256 e. The van der Waals surface area contributed by atoms with Gasteiger partial charge in [0.15, 0.2) is 0 Å². The zero-order chi connectivity index (χ0) is 27.4. The largest absolute Gasteiger partial charge is 0.285 e. The van der Waals surface area contributed by atoms with Crippen molar-refractivity contribution in [3.63, 3.8) is 0 Å². The van der Waals surface area contributed by atoms with Crippen molar-refractivity contribution in [2.75, 3.05) is 0 Å². The predicted octanol–water partition coefficient (Wildman–Crippen LogP) is 10.9. The Balaban J connectivity index is 1.55. The maximum absolute atomic E-state index is 4.17. The van der Waals surface area contributed by atoms with Crippen LogP contribution in [0.3, 0.4) is 0 Å². The highest BCUT2D eigenvalue weighted by Gasteiger charge is 2.22. The van der Waals surface area contributed by atoms with Crippen LogP contribution in [0.4, 0.5) is 0 Å². The van der Waals surface area contributed by atoms with Gasteiger partial charge in [-0.1, -0.05) is 153 Å². The highest BCUT2D eigenvalue weighted by atomic mass is 31.1. The average molecular weight is 550 g/mol. The van der Waals surface area contributed by atoms with Crippen molar-refractivity contribution < 1.29 is 0 Å². The molecule has 2 aromatic rings. The number of nitrogens with one attached hydrogen (secondary N) is 1. The molecule has 1 fully saturated rings. The van der Waals surface area contributed by atoms with Crippen molar-refractivity contribution >= 4 is 18.7 Å². The number of hydrogen-bond acceptors (Lipinski definition) is 1. The van der Waals surface area contributed by atoms with E-state index in [4.69, 9.17) is 0 Å². The van der Waals surface area contributed by atoms with Crippen LogP contribution in [-0.4, -0.2) is 6.04 Å². The highest BCUT2D eigenvalue weighted by molar-refractivity contribution is 7.71. The SMILES string of the molecule is CCCCCCCCCCc1cccc(P(NC2CCCC2)c2cccc(CCCCCCCCCC)c2)c1. The Labute approximate surface area is 244 Å². The normalized spacial score (nSPS) is 14.0. The van der Waals surface area contributed by atoms with Gasteiger partial charge in [-0.05, 0) is 72.4 Å². The standard InChI is InChI=1S/C37H60NP/c1-3-5-7-9-11-13-15-17-23-33-25-21-29-36(31-33)39(38-35-27-19-20-28-35)37-30-22-26-34(32-37)24-18-16-14-12-10-8-6-4-2/h21-22,25-26,29-32,35,38H,3-20,23-24,27-28H2,1-2H3. The van der Waals surface area contributed by atoms with Gasteiger partial charge in [-0.15, -0.1) is 0 Å². The first kappa shape index (κ1) is 32.3. The van der Waals surface area contributed by atoms with E-state index in [1.54, 1.807) is 0 Å². The van der Waals surface area contributed by atoms with E-state index < -0.39 is 8.07 Å². The summed E-state index contributed by atoms with van der Waals surface area (Å²) in [5.41, 5.74) is 3.07. The first-order valence-corrected chi connectivity index (χ1v) is 18.4. The molecule has 0 heterocycles. The van der Waals surface area contributed by atoms with E-state index in [0.29, 0.717) is 6.04 Å². The fraction of sp³-hybridized carbons (Fsp3) is 0.676. The Kier molecular flexibility index (Phi) is 17.1. The second kappa shape index (κ2) is 20.7. The van der Waals surface area contributed by atoms with E-state index >= 15 is 0 Å². The first-order valence-electron chi connectivity index (χ1n) is 17.0. The number of rotatable bonds is 22. The lowest BCUT2D eigenvalue weighted by molar-refractivity contribution is 0.575. The summed E-state index contributed by atoms with van der Waals surface area (Å²) in [5, 5.41) is 7.22. The van der Waals surface area contributed by atoms with Crippen LogP contribution < -0.4 is 15.7 Å². The van der Waals surface area contributed by atoms with Crippen molar-refractivity contribution in [3.05, 3.63) is 59.7 Å². The van der Waals surface area contributed by atoms with Gasteiger partial charge in [0.05, 0.1) is 0 Å². The van der Waals surface area contributed by atoms with Crippen molar-refractivity contribution in [1.82, 2.24) is 5.09 Å². The van der Waals surface area contributed by atoms with E-state index in [9.17, 15) is 0 Å². The maximum Gasteiger partial charge on any atom is 0.0256 e. The Morgan fingerprint density at radius 2 is 0.974 bits per heavy atom. The fourth-order valence-electron chi connectivity index (χ4n) is 6.16. The molecule has 39 heavy (non-hydrogen) atoms. The van der Waals surface area contributed by atoms with Gasteiger partial charge in [0.2, 0.25) is 0 Å². The zero-order valence-corrected chi connectivity index (χ0v) is 26.6. The van der Waals surface area contributed by atoms with Gasteiger partial charge >= 0.3 is 0 Å². The Morgan fingerprint density at radius 1 is 0.564 bits per heavy atom. The van der Waals surface area contributed by atoms with E-state index in [0.717, 1.165) is 0 Å². The molecule has 0 aliphatic heterocycles. The van der Waals surface area contributed by atoms with Crippen LogP contribution in [0, 0.1) is 0 Å². The minimum absolute atomic E-state index is 0.505. The molecule has 1 saturated carbocycles. The Bertz CT molecular complexity index is 808. The summed E-state index contributed by atoms with van der Waals surface area (Å²) in [7, 11) is -0.505. The molecule has 1 nitrogen and oxygen atoms in total. The fourth-order valence-corrected chi connectivity index (χ4v) is 8.44. The summed E-state index contributed by atoms with van der Waals surface area (Å²) in [6, 6.07) is 20.0. The molecule has 2 aromatic carbocycles. The third-order valence-corrected chi connectivity index (χ3v) is 10.9. The lowest BCUT2D eigenvalue weighted by atomic mass is 10.0. The molecule has 0 spiro atoms. The van der Waals surface area contributed by atoms with Crippen molar-refractivity contribution in [2.45, 2.75) is 161 Å². The molecule has 218 valence electrons. The van der Waals surface area contributed by atoms with Crippen LogP contribution in [0.5, 0.6) is 0 Å². The predicted molar refractivity (Wildman–Crippen MR) is 177 cm³/mol. The third-order valence-electron chi connectivity index (χ3n) is 8.64. The summed E-state index contributed by atoms with van der Waals surface area (Å²) in [6.07, 6.45) is 30.2. The van der Waals surface area contributed by atoms with E-state index in [2.05, 4.69) is 67.5 Å². The van der Waals surface area contributed by atoms with E-state index in [1.807, 2.05) is 0 Å². The lowest BCUT2D eigenvalue weighted by Crippen LogP contribution is -2.30. The number of benzene rings is 2. The minimum atomic E-state index is -0.505. The molecule has 2 heteroatoms. The molecular weight excluding hydrogens is 489 g/mol. The molecule has 0 radical (unpaired) electrons. The van der Waals surface area contributed by atoms with E-state index in [1.165, 1.54) is 163 Å². The van der Waals surface area contributed by atoms with Gasteiger partial charge in [-0.2, -0.15) is 0 Å². The molecule has 1 aliphatic carbocycles. The quantitative estimate of drug-likeness (QED) is 0.114. The highest BCUT2D eigenvalue weighted by Crippen LogP contribution is 2.34. The molecule has 1 aliphatic rings. The van der Waals surface area contributed by atoms with Gasteiger partial charge < -0.3 is 0 Å². The monoisotopic (exact) mass is 549 g/mol. The number of aryl methyl sites for hydroxylation is 2. The minimum Gasteiger partial charge on any atom is -0.285 e. The molecule has 0 saturated heterocycles. The average Bonchev–Trinajstić information content (AvgIpc) is 3.48. The second-order valence-electron chi connectivity index (χ2n) is 12.2. The molecule has 0 aromatic heterocycles. The number of unbranched alkanes of at least 4 members (excludes halogenated alkanes) is 14. The molecule has 1 N–H and O–H groups in total. The van der Waals surface area contributed by atoms with Crippen LogP contribution >= 0.6 is 8.07 Å². The molecule has 0 unspecified atom stereocenters. The Hall–Kier alpha value is -1.17. The van der Waals surface area contributed by atoms with Crippen molar-refractivity contribution in [2.24, 2.45) is 0 Å². The Morgan fingerprint density at radius 3 is 1.41 bits per heavy atom. The summed E-state index contributed by atoms with van der Waals surface area (Å²) in [4.78, 5) is 0. The molecule has 0 bridgehead atoms. The topological polar surface area (TPSA) is 12.0 Å². The zero-order valence-electron chi connectivity index (χ0n) is 25.7. The first-order chi connectivity index (χ1) is 19.3. The summed E-state index contributed by atoms with van der Waals surface area (Å²) < 4.78 is 0. The van der Waals surface area contributed by atoms with Crippen molar-refractivity contribution in [1.29, 1.82) is 0 Å². The van der Waals surface area contributed by atoms with Crippen LogP contribution in [0.15, 0.2) is 48.5 Å². The van der Waals surface area contributed by atoms with Gasteiger partial charge in [0.25, 0.3) is 0 Å². The maximum atomic E-state index is 4.17. The van der Waals surface area contributed by atoms with Crippen LogP contribution in [0.1, 0.15) is 153 Å². The molecule has 0 atom stereocenters. The van der Waals surface area contributed by atoms with Crippen LogP contribution in [-0.2, 0) is 12.8 Å². The number of hydrogen-bond donors (Lipinski definition) is 1. The second-order valence-corrected chi connectivity index (χ2v) is 14.2. The molecule has 0 amide bonds. The van der Waals surface area contributed by atoms with Gasteiger partial charge in [-0.25, -0.2) is 0 Å². The summed E-state index contributed by atoms with van der Waals surface area (Å²) in [6.45, 7) is 4.61. The van der Waals surface area contributed by atoms with E-state index in [-0.39, 0.29) is 0 Å². The summed E-state index contributed by atoms with van der Waals surface area (Å²) in [5.74, 6) is 0.